The van der Waals surface area contributed by atoms with E-state index in [4.69, 9.17) is 0 Å². The van der Waals surface area contributed by atoms with Crippen molar-refractivity contribution in [1.29, 1.82) is 0 Å². The molecule has 1 aromatic carbocycles. The summed E-state index contributed by atoms with van der Waals surface area (Å²) in [7, 11) is 0. The molecular formula is C12H12BrN. The van der Waals surface area contributed by atoms with Crippen molar-refractivity contribution in [3.63, 3.8) is 0 Å². The zero-order valence-corrected chi connectivity index (χ0v) is 9.50. The van der Waals surface area contributed by atoms with Gasteiger partial charge in [0, 0.05) is 16.5 Å². The van der Waals surface area contributed by atoms with E-state index in [0.29, 0.717) is 4.83 Å². The van der Waals surface area contributed by atoms with Crippen molar-refractivity contribution in [2.45, 2.75) is 29.5 Å². The maximum Gasteiger partial charge on any atom is 0.0667 e. The van der Waals surface area contributed by atoms with E-state index < -0.39 is 0 Å². The molecule has 0 amide bonds. The smallest absolute Gasteiger partial charge is 0.0667 e. The van der Waals surface area contributed by atoms with Crippen LogP contribution in [0.15, 0.2) is 29.3 Å². The van der Waals surface area contributed by atoms with Crippen molar-refractivity contribution in [1.82, 2.24) is 0 Å². The standard InChI is InChI=1S/C12H12BrN/c13-11-6-3-7-12(11)8-14-10-5-2-1-4-9(10)12/h1-2,4-5,8,11H,3,6-7H2. The fourth-order valence-corrected chi connectivity index (χ4v) is 3.59. The Kier molecular flexibility index (Phi) is 1.81. The van der Waals surface area contributed by atoms with Crippen molar-refractivity contribution < 1.29 is 0 Å². The van der Waals surface area contributed by atoms with Gasteiger partial charge >= 0.3 is 0 Å². The molecule has 2 unspecified atom stereocenters. The third kappa shape index (κ3) is 0.977. The predicted octanol–water partition coefficient (Wildman–Crippen LogP) is 3.59. The van der Waals surface area contributed by atoms with Gasteiger partial charge in [-0.2, -0.15) is 0 Å². The molecule has 2 heteroatoms. The van der Waals surface area contributed by atoms with Crippen molar-refractivity contribution in [3.8, 4) is 0 Å². The van der Waals surface area contributed by atoms with Crippen molar-refractivity contribution in [2.24, 2.45) is 4.99 Å². The third-order valence-corrected chi connectivity index (χ3v) is 4.72. The maximum absolute atomic E-state index is 4.53. The van der Waals surface area contributed by atoms with Gasteiger partial charge < -0.3 is 0 Å². The van der Waals surface area contributed by atoms with Gasteiger partial charge in [-0.25, -0.2) is 0 Å². The average molecular weight is 250 g/mol. The number of hydrogen-bond acceptors (Lipinski definition) is 1. The molecule has 1 heterocycles. The van der Waals surface area contributed by atoms with E-state index in [2.05, 4.69) is 51.4 Å². The maximum atomic E-state index is 4.53. The highest BCUT2D eigenvalue weighted by Gasteiger charge is 2.45. The number of nitrogens with zero attached hydrogens (tertiary/aromatic N) is 1. The van der Waals surface area contributed by atoms with Gasteiger partial charge in [-0.3, -0.25) is 4.99 Å². The van der Waals surface area contributed by atoms with E-state index >= 15 is 0 Å². The minimum atomic E-state index is 0.205. The van der Waals surface area contributed by atoms with Crippen LogP contribution in [0, 0.1) is 0 Å². The molecule has 1 nitrogen and oxygen atoms in total. The Morgan fingerprint density at radius 2 is 2.21 bits per heavy atom. The summed E-state index contributed by atoms with van der Waals surface area (Å²) in [5, 5.41) is 0. The van der Waals surface area contributed by atoms with E-state index in [9.17, 15) is 0 Å². The second-order valence-corrected chi connectivity index (χ2v) is 5.28. The SMILES string of the molecule is BrC1CCCC12C=Nc1ccccc12. The second-order valence-electron chi connectivity index (χ2n) is 4.18. The zero-order chi connectivity index (χ0) is 9.60. The molecule has 72 valence electrons. The first-order valence-corrected chi connectivity index (χ1v) is 6.03. The highest BCUT2D eigenvalue weighted by atomic mass is 79.9. The molecule has 0 N–H and O–H groups in total. The molecule has 14 heavy (non-hydrogen) atoms. The summed E-state index contributed by atoms with van der Waals surface area (Å²) in [5.41, 5.74) is 2.79. The highest BCUT2D eigenvalue weighted by Crippen LogP contribution is 2.50. The fourth-order valence-electron chi connectivity index (χ4n) is 2.67. The van der Waals surface area contributed by atoms with E-state index in [1.165, 1.54) is 30.5 Å². The molecule has 1 saturated carbocycles. The van der Waals surface area contributed by atoms with Crippen LogP contribution in [0.2, 0.25) is 0 Å². The van der Waals surface area contributed by atoms with Crippen LogP contribution in [0.3, 0.4) is 0 Å². The van der Waals surface area contributed by atoms with Gasteiger partial charge in [0.2, 0.25) is 0 Å². The Bertz CT molecular complexity index is 399. The van der Waals surface area contributed by atoms with E-state index in [-0.39, 0.29) is 5.41 Å². The Morgan fingerprint density at radius 3 is 3.00 bits per heavy atom. The van der Waals surface area contributed by atoms with Gasteiger partial charge in [-0.05, 0) is 24.5 Å². The lowest BCUT2D eigenvalue weighted by Gasteiger charge is -2.25. The number of alkyl halides is 1. The molecule has 1 fully saturated rings. The summed E-state index contributed by atoms with van der Waals surface area (Å²) in [6.07, 6.45) is 5.96. The minimum Gasteiger partial charge on any atom is -0.260 e. The largest absolute Gasteiger partial charge is 0.260 e. The van der Waals surface area contributed by atoms with Crippen molar-refractivity contribution in [2.75, 3.05) is 0 Å². The van der Waals surface area contributed by atoms with E-state index in [1.54, 1.807) is 0 Å². The monoisotopic (exact) mass is 249 g/mol. The molecule has 2 aliphatic rings. The first-order valence-electron chi connectivity index (χ1n) is 5.12. The lowest BCUT2D eigenvalue weighted by molar-refractivity contribution is 0.644. The van der Waals surface area contributed by atoms with Gasteiger partial charge in [0.25, 0.3) is 0 Å². The minimum absolute atomic E-state index is 0.205. The van der Waals surface area contributed by atoms with E-state index in [1.807, 2.05) is 0 Å². The molecule has 1 aliphatic carbocycles. The highest BCUT2D eigenvalue weighted by molar-refractivity contribution is 9.09. The summed E-state index contributed by atoms with van der Waals surface area (Å²) in [4.78, 5) is 5.10. The van der Waals surface area contributed by atoms with Crippen LogP contribution in [-0.4, -0.2) is 11.0 Å². The van der Waals surface area contributed by atoms with Gasteiger partial charge in [0.05, 0.1) is 5.69 Å². The predicted molar refractivity (Wildman–Crippen MR) is 62.8 cm³/mol. The summed E-state index contributed by atoms with van der Waals surface area (Å²) >= 11 is 3.80. The number of aliphatic imine (C=N–C) groups is 1. The first kappa shape index (κ1) is 8.66. The van der Waals surface area contributed by atoms with Crippen LogP contribution in [0.25, 0.3) is 0 Å². The average Bonchev–Trinajstić information content (AvgIpc) is 2.76. The van der Waals surface area contributed by atoms with Gasteiger partial charge in [-0.1, -0.05) is 40.5 Å². The molecule has 1 spiro atoms. The third-order valence-electron chi connectivity index (χ3n) is 3.45. The molecular weight excluding hydrogens is 238 g/mol. The Labute approximate surface area is 92.4 Å². The number of benzene rings is 1. The number of hydrogen-bond donors (Lipinski definition) is 0. The molecule has 1 aromatic rings. The van der Waals surface area contributed by atoms with Crippen LogP contribution >= 0.6 is 15.9 Å². The summed E-state index contributed by atoms with van der Waals surface area (Å²) in [6, 6.07) is 8.52. The van der Waals surface area contributed by atoms with Crippen LogP contribution in [0.4, 0.5) is 5.69 Å². The molecule has 0 radical (unpaired) electrons. The lowest BCUT2D eigenvalue weighted by Crippen LogP contribution is -2.30. The van der Waals surface area contributed by atoms with E-state index in [0.717, 1.165) is 0 Å². The van der Waals surface area contributed by atoms with Crippen molar-refractivity contribution in [3.05, 3.63) is 29.8 Å². The van der Waals surface area contributed by atoms with Gasteiger partial charge in [-0.15, -0.1) is 0 Å². The normalized spacial score (nSPS) is 33.9. The van der Waals surface area contributed by atoms with Gasteiger partial charge in [0.15, 0.2) is 0 Å². The number of halogens is 1. The van der Waals surface area contributed by atoms with Crippen LogP contribution in [0.1, 0.15) is 24.8 Å². The van der Waals surface area contributed by atoms with Crippen LogP contribution < -0.4 is 0 Å². The molecule has 3 rings (SSSR count). The Balaban J connectivity index is 2.17. The molecule has 1 aliphatic heterocycles. The zero-order valence-electron chi connectivity index (χ0n) is 7.91. The Morgan fingerprint density at radius 1 is 1.36 bits per heavy atom. The van der Waals surface area contributed by atoms with Crippen molar-refractivity contribution >= 4 is 27.8 Å². The summed E-state index contributed by atoms with van der Waals surface area (Å²) in [5.74, 6) is 0. The van der Waals surface area contributed by atoms with Crippen LogP contribution in [0.5, 0.6) is 0 Å². The first-order chi connectivity index (χ1) is 6.83. The number of rotatable bonds is 0. The number of para-hydroxylation sites is 1. The van der Waals surface area contributed by atoms with Crippen LogP contribution in [-0.2, 0) is 5.41 Å². The molecule has 0 bridgehead atoms. The summed E-state index contributed by atoms with van der Waals surface area (Å²) < 4.78 is 0. The summed E-state index contributed by atoms with van der Waals surface area (Å²) in [6.45, 7) is 0. The fraction of sp³-hybridized carbons (Fsp3) is 0.417. The topological polar surface area (TPSA) is 12.4 Å². The van der Waals surface area contributed by atoms with Gasteiger partial charge in [0.1, 0.15) is 0 Å². The second kappa shape index (κ2) is 2.93. The lowest BCUT2D eigenvalue weighted by atomic mass is 9.81. The molecule has 0 saturated heterocycles. The molecule has 0 aromatic heterocycles. The quantitative estimate of drug-likeness (QED) is 0.624. The Hall–Kier alpha value is -0.630. The molecule has 2 atom stereocenters. The number of fused-ring (bicyclic) bond motifs is 2.